The number of aromatic amines is 1. The fourth-order valence-corrected chi connectivity index (χ4v) is 2.60. The number of nitrogens with zero attached hydrogens (tertiary/aromatic N) is 2. The molecule has 19 heavy (non-hydrogen) atoms. The lowest BCUT2D eigenvalue weighted by atomic mass is 9.68. The number of aryl methyl sites for hydroxylation is 1. The molecule has 5 heteroatoms. The van der Waals surface area contributed by atoms with Gasteiger partial charge in [-0.25, -0.2) is 9.97 Å². The van der Waals surface area contributed by atoms with Gasteiger partial charge in [0.2, 0.25) is 0 Å². The van der Waals surface area contributed by atoms with Gasteiger partial charge in [0.25, 0.3) is 0 Å². The van der Waals surface area contributed by atoms with Gasteiger partial charge < -0.3 is 9.72 Å². The van der Waals surface area contributed by atoms with Crippen molar-refractivity contribution in [3.05, 3.63) is 23.7 Å². The number of imidazole rings is 1. The third kappa shape index (κ3) is 1.72. The first kappa shape index (κ1) is 12.1. The minimum Gasteiger partial charge on any atom is -0.465 e. The lowest BCUT2D eigenvalue weighted by molar-refractivity contribution is -0.154. The zero-order chi connectivity index (χ0) is 13.5. The minimum absolute atomic E-state index is 0.169. The second-order valence-electron chi connectivity index (χ2n) is 5.07. The van der Waals surface area contributed by atoms with E-state index in [9.17, 15) is 4.79 Å². The number of ether oxygens (including phenoxy) is 1. The average Bonchev–Trinajstić information content (AvgIpc) is 2.73. The van der Waals surface area contributed by atoms with Crippen LogP contribution in [0.25, 0.3) is 11.2 Å². The summed E-state index contributed by atoms with van der Waals surface area (Å²) in [6.07, 6.45) is 4.36. The van der Waals surface area contributed by atoms with Crippen molar-refractivity contribution in [1.29, 1.82) is 0 Å². The standard InChI is InChI=1S/C14H17N3O2/c1-3-19-13(18)14(6-4-7-14)12-16-10-9(2)5-8-15-11(10)17-12/h5,8H,3-4,6-7H2,1-2H3,(H,15,16,17). The first-order valence-electron chi connectivity index (χ1n) is 6.66. The third-order valence-corrected chi connectivity index (χ3v) is 3.93. The van der Waals surface area contributed by atoms with Crippen LogP contribution in [0.2, 0.25) is 0 Å². The SMILES string of the molecule is CCOC(=O)C1(c2nc3nccc(C)c3[nH]2)CCC1. The van der Waals surface area contributed by atoms with Crippen molar-refractivity contribution in [2.45, 2.75) is 38.5 Å². The van der Waals surface area contributed by atoms with Gasteiger partial charge in [0.15, 0.2) is 5.65 Å². The molecule has 3 rings (SSSR count). The summed E-state index contributed by atoms with van der Waals surface area (Å²) >= 11 is 0. The Hall–Kier alpha value is -1.91. The zero-order valence-corrected chi connectivity index (χ0v) is 11.2. The smallest absolute Gasteiger partial charge is 0.319 e. The van der Waals surface area contributed by atoms with Crippen molar-refractivity contribution in [2.24, 2.45) is 0 Å². The number of nitrogens with one attached hydrogen (secondary N) is 1. The molecular formula is C14H17N3O2. The molecule has 0 spiro atoms. The zero-order valence-electron chi connectivity index (χ0n) is 11.2. The number of pyridine rings is 1. The molecule has 2 aromatic rings. The lowest BCUT2D eigenvalue weighted by Crippen LogP contribution is -2.44. The summed E-state index contributed by atoms with van der Waals surface area (Å²) in [5.74, 6) is 0.534. The summed E-state index contributed by atoms with van der Waals surface area (Å²) < 4.78 is 5.21. The highest BCUT2D eigenvalue weighted by Gasteiger charge is 2.49. The molecule has 0 atom stereocenters. The molecule has 1 aliphatic carbocycles. The van der Waals surface area contributed by atoms with E-state index in [4.69, 9.17) is 4.74 Å². The molecule has 0 aromatic carbocycles. The van der Waals surface area contributed by atoms with Gasteiger partial charge in [0.05, 0.1) is 12.1 Å². The topological polar surface area (TPSA) is 67.9 Å². The molecule has 0 radical (unpaired) electrons. The van der Waals surface area contributed by atoms with Gasteiger partial charge in [-0.2, -0.15) is 0 Å². The van der Waals surface area contributed by atoms with Crippen LogP contribution in [0, 0.1) is 6.92 Å². The van der Waals surface area contributed by atoms with Gasteiger partial charge in [-0.05, 0) is 38.3 Å². The normalized spacial score (nSPS) is 17.2. The minimum atomic E-state index is -0.580. The fraction of sp³-hybridized carbons (Fsp3) is 0.500. The van der Waals surface area contributed by atoms with Crippen LogP contribution in [0.1, 0.15) is 37.6 Å². The van der Waals surface area contributed by atoms with E-state index >= 15 is 0 Å². The van der Waals surface area contributed by atoms with Gasteiger partial charge in [0.1, 0.15) is 11.2 Å². The Morgan fingerprint density at radius 3 is 2.89 bits per heavy atom. The first-order chi connectivity index (χ1) is 9.17. The largest absolute Gasteiger partial charge is 0.465 e. The molecular weight excluding hydrogens is 242 g/mol. The molecule has 5 nitrogen and oxygen atoms in total. The van der Waals surface area contributed by atoms with E-state index in [2.05, 4.69) is 15.0 Å². The van der Waals surface area contributed by atoms with Gasteiger partial charge in [-0.3, -0.25) is 4.79 Å². The van der Waals surface area contributed by atoms with Gasteiger partial charge in [-0.15, -0.1) is 0 Å². The summed E-state index contributed by atoms with van der Waals surface area (Å²) in [6, 6.07) is 1.93. The molecule has 1 aliphatic rings. The van der Waals surface area contributed by atoms with Crippen LogP contribution in [-0.4, -0.2) is 27.5 Å². The number of aromatic nitrogens is 3. The van der Waals surface area contributed by atoms with Crippen molar-refractivity contribution in [2.75, 3.05) is 6.61 Å². The molecule has 2 aromatic heterocycles. The lowest BCUT2D eigenvalue weighted by Gasteiger charge is -2.37. The van der Waals surface area contributed by atoms with Crippen molar-refractivity contribution >= 4 is 17.1 Å². The number of esters is 1. The molecule has 0 aliphatic heterocycles. The van der Waals surface area contributed by atoms with Crippen LogP contribution in [0.3, 0.4) is 0 Å². The first-order valence-corrected chi connectivity index (χ1v) is 6.66. The quantitative estimate of drug-likeness (QED) is 0.858. The van der Waals surface area contributed by atoms with Gasteiger partial charge in [-0.1, -0.05) is 6.42 Å². The number of rotatable bonds is 3. The maximum Gasteiger partial charge on any atom is 0.319 e. The molecule has 1 saturated carbocycles. The summed E-state index contributed by atoms with van der Waals surface area (Å²) in [6.45, 7) is 4.23. The molecule has 100 valence electrons. The highest BCUT2D eigenvalue weighted by molar-refractivity contribution is 5.85. The Labute approximate surface area is 111 Å². The summed E-state index contributed by atoms with van der Waals surface area (Å²) in [5, 5.41) is 0. The van der Waals surface area contributed by atoms with Crippen molar-refractivity contribution < 1.29 is 9.53 Å². The van der Waals surface area contributed by atoms with E-state index in [0.717, 1.165) is 30.3 Å². The number of carbonyl (C=O) groups is 1. The fourth-order valence-electron chi connectivity index (χ4n) is 2.60. The summed E-state index contributed by atoms with van der Waals surface area (Å²) in [5.41, 5.74) is 2.09. The van der Waals surface area contributed by atoms with Crippen LogP contribution < -0.4 is 0 Å². The number of fused-ring (bicyclic) bond motifs is 1. The van der Waals surface area contributed by atoms with Crippen LogP contribution in [0.4, 0.5) is 0 Å². The Morgan fingerprint density at radius 2 is 2.32 bits per heavy atom. The van der Waals surface area contributed by atoms with Crippen LogP contribution in [0.5, 0.6) is 0 Å². The van der Waals surface area contributed by atoms with Crippen molar-refractivity contribution in [3.63, 3.8) is 0 Å². The third-order valence-electron chi connectivity index (χ3n) is 3.93. The van der Waals surface area contributed by atoms with E-state index in [1.807, 2.05) is 19.9 Å². The van der Waals surface area contributed by atoms with Crippen molar-refractivity contribution in [3.8, 4) is 0 Å². The predicted molar refractivity (Wildman–Crippen MR) is 70.8 cm³/mol. The Bertz CT molecular complexity index is 629. The predicted octanol–water partition coefficient (Wildman–Crippen LogP) is 2.25. The van der Waals surface area contributed by atoms with Gasteiger partial charge >= 0.3 is 5.97 Å². The Balaban J connectivity index is 2.07. The Morgan fingerprint density at radius 1 is 1.53 bits per heavy atom. The molecule has 0 saturated heterocycles. The maximum absolute atomic E-state index is 12.2. The van der Waals surface area contributed by atoms with E-state index in [-0.39, 0.29) is 5.97 Å². The summed E-state index contributed by atoms with van der Waals surface area (Å²) in [7, 11) is 0. The molecule has 2 heterocycles. The number of hydrogen-bond donors (Lipinski definition) is 1. The van der Waals surface area contributed by atoms with Crippen molar-refractivity contribution in [1.82, 2.24) is 15.0 Å². The molecule has 1 fully saturated rings. The van der Waals surface area contributed by atoms with Crippen LogP contribution in [0.15, 0.2) is 12.3 Å². The van der Waals surface area contributed by atoms with Crippen LogP contribution >= 0.6 is 0 Å². The highest BCUT2D eigenvalue weighted by atomic mass is 16.5. The second-order valence-corrected chi connectivity index (χ2v) is 5.07. The molecule has 1 N–H and O–H groups in total. The van der Waals surface area contributed by atoms with E-state index in [1.165, 1.54) is 0 Å². The molecule has 0 unspecified atom stereocenters. The summed E-state index contributed by atoms with van der Waals surface area (Å²) in [4.78, 5) is 24.2. The highest BCUT2D eigenvalue weighted by Crippen LogP contribution is 2.44. The number of carbonyl (C=O) groups excluding carboxylic acids is 1. The van der Waals surface area contributed by atoms with E-state index in [0.29, 0.717) is 18.1 Å². The number of hydrogen-bond acceptors (Lipinski definition) is 4. The van der Waals surface area contributed by atoms with Gasteiger partial charge in [0, 0.05) is 6.20 Å². The Kier molecular flexibility index (Phi) is 2.77. The molecule has 0 amide bonds. The molecule has 0 bridgehead atoms. The number of H-pyrrole nitrogens is 1. The monoisotopic (exact) mass is 259 g/mol. The maximum atomic E-state index is 12.2. The second kappa shape index (κ2) is 4.33. The van der Waals surface area contributed by atoms with E-state index in [1.54, 1.807) is 6.20 Å². The average molecular weight is 259 g/mol. The van der Waals surface area contributed by atoms with Crippen LogP contribution in [-0.2, 0) is 14.9 Å². The van der Waals surface area contributed by atoms with E-state index < -0.39 is 5.41 Å².